The zero-order valence-electron chi connectivity index (χ0n) is 14.9. The Balaban J connectivity index is 1.57. The minimum absolute atomic E-state index is 0.0129. The Morgan fingerprint density at radius 2 is 1.96 bits per heavy atom. The molecule has 2 rings (SSSR count). The summed E-state index contributed by atoms with van der Waals surface area (Å²) in [6.45, 7) is 8.06. The average Bonchev–Trinajstić information content (AvgIpc) is 2.53. The van der Waals surface area contributed by atoms with E-state index in [0.29, 0.717) is 32.3 Å². The van der Waals surface area contributed by atoms with Gasteiger partial charge in [0, 0.05) is 11.5 Å². The van der Waals surface area contributed by atoms with E-state index >= 15 is 0 Å². The summed E-state index contributed by atoms with van der Waals surface area (Å²) < 4.78 is 16.8. The van der Waals surface area contributed by atoms with Crippen LogP contribution in [-0.2, 0) is 20.8 Å². The van der Waals surface area contributed by atoms with Crippen molar-refractivity contribution in [3.05, 3.63) is 35.9 Å². The fourth-order valence-electron chi connectivity index (χ4n) is 2.55. The third-order valence-corrected chi connectivity index (χ3v) is 3.81. The van der Waals surface area contributed by atoms with Crippen molar-refractivity contribution in [1.29, 1.82) is 0 Å². The van der Waals surface area contributed by atoms with Crippen LogP contribution in [0.2, 0.25) is 0 Å². The number of rotatable bonds is 6. The van der Waals surface area contributed by atoms with E-state index in [9.17, 15) is 4.79 Å². The predicted molar refractivity (Wildman–Crippen MR) is 92.8 cm³/mol. The molecule has 1 fully saturated rings. The monoisotopic (exact) mass is 335 g/mol. The molecule has 0 bridgehead atoms. The second kappa shape index (κ2) is 9.04. The Bertz CT molecular complexity index is 490. The molecule has 1 saturated heterocycles. The van der Waals surface area contributed by atoms with Gasteiger partial charge in [0.15, 0.2) is 0 Å². The van der Waals surface area contributed by atoms with Crippen LogP contribution in [0.4, 0.5) is 4.79 Å². The highest BCUT2D eigenvalue weighted by molar-refractivity contribution is 5.68. The highest BCUT2D eigenvalue weighted by Gasteiger charge is 2.23. The molecule has 1 unspecified atom stereocenters. The summed E-state index contributed by atoms with van der Waals surface area (Å²) in [6.07, 6.45) is 1.52. The lowest BCUT2D eigenvalue weighted by atomic mass is 9.99. The Hall–Kier alpha value is -1.59. The van der Waals surface area contributed by atoms with Crippen molar-refractivity contribution in [3.8, 4) is 0 Å². The van der Waals surface area contributed by atoms with Crippen LogP contribution in [0.25, 0.3) is 0 Å². The minimum atomic E-state index is -0.389. The van der Waals surface area contributed by atoms with Gasteiger partial charge < -0.3 is 19.5 Å². The summed E-state index contributed by atoms with van der Waals surface area (Å²) in [5, 5.41) is 2.77. The van der Waals surface area contributed by atoms with Crippen LogP contribution in [-0.4, -0.2) is 37.6 Å². The predicted octanol–water partition coefficient (Wildman–Crippen LogP) is 3.52. The lowest BCUT2D eigenvalue weighted by Crippen LogP contribution is -2.42. The second-order valence-electron chi connectivity index (χ2n) is 7.37. The Morgan fingerprint density at radius 1 is 1.21 bits per heavy atom. The number of hydrogen-bond acceptors (Lipinski definition) is 4. The summed E-state index contributed by atoms with van der Waals surface area (Å²) in [5.74, 6) is 0.411. The number of alkyl carbamates (subject to hydrolysis) is 1. The SMILES string of the molecule is CC(C)(C)NC(=O)OCC1CC[C@@H](COCc2ccccc2)CO1. The van der Waals surface area contributed by atoms with Gasteiger partial charge in [0.1, 0.15) is 6.61 Å². The number of carbonyl (C=O) groups excluding carboxylic acids is 1. The molecule has 0 aliphatic carbocycles. The van der Waals surface area contributed by atoms with Crippen LogP contribution in [0, 0.1) is 5.92 Å². The van der Waals surface area contributed by atoms with Gasteiger partial charge in [-0.15, -0.1) is 0 Å². The van der Waals surface area contributed by atoms with Gasteiger partial charge in [0.05, 0.1) is 25.9 Å². The topological polar surface area (TPSA) is 56.8 Å². The Morgan fingerprint density at radius 3 is 2.58 bits per heavy atom. The van der Waals surface area contributed by atoms with Crippen molar-refractivity contribution in [2.24, 2.45) is 5.92 Å². The van der Waals surface area contributed by atoms with Gasteiger partial charge in [-0.05, 0) is 39.2 Å². The molecule has 5 heteroatoms. The lowest BCUT2D eigenvalue weighted by molar-refractivity contribution is -0.0656. The molecule has 0 spiro atoms. The van der Waals surface area contributed by atoms with Crippen molar-refractivity contribution in [1.82, 2.24) is 5.32 Å². The number of hydrogen-bond donors (Lipinski definition) is 1. The van der Waals surface area contributed by atoms with E-state index in [1.54, 1.807) is 0 Å². The highest BCUT2D eigenvalue weighted by atomic mass is 16.6. The summed E-state index contributed by atoms with van der Waals surface area (Å²) in [7, 11) is 0. The quantitative estimate of drug-likeness (QED) is 0.864. The first-order valence-corrected chi connectivity index (χ1v) is 8.60. The molecule has 5 nitrogen and oxygen atoms in total. The molecule has 1 N–H and O–H groups in total. The molecule has 0 saturated carbocycles. The van der Waals surface area contributed by atoms with Crippen molar-refractivity contribution in [3.63, 3.8) is 0 Å². The first-order valence-electron chi connectivity index (χ1n) is 8.60. The average molecular weight is 335 g/mol. The molecule has 134 valence electrons. The Labute approximate surface area is 144 Å². The van der Waals surface area contributed by atoms with Crippen LogP contribution < -0.4 is 5.32 Å². The van der Waals surface area contributed by atoms with E-state index in [-0.39, 0.29) is 17.7 Å². The third kappa shape index (κ3) is 7.32. The second-order valence-corrected chi connectivity index (χ2v) is 7.37. The number of benzene rings is 1. The van der Waals surface area contributed by atoms with Gasteiger partial charge in [-0.25, -0.2) is 4.79 Å². The molecule has 1 aliphatic rings. The molecule has 0 aromatic heterocycles. The van der Waals surface area contributed by atoms with Crippen molar-refractivity contribution < 1.29 is 19.0 Å². The first kappa shape index (κ1) is 18.7. The number of carbonyl (C=O) groups is 1. The van der Waals surface area contributed by atoms with Gasteiger partial charge in [-0.3, -0.25) is 0 Å². The smallest absolute Gasteiger partial charge is 0.407 e. The maximum Gasteiger partial charge on any atom is 0.407 e. The van der Waals surface area contributed by atoms with E-state index in [1.165, 1.54) is 5.56 Å². The molecule has 1 aromatic rings. The van der Waals surface area contributed by atoms with Gasteiger partial charge in [0.2, 0.25) is 0 Å². The Kier molecular flexibility index (Phi) is 7.06. The van der Waals surface area contributed by atoms with Crippen molar-refractivity contribution in [2.75, 3.05) is 19.8 Å². The summed E-state index contributed by atoms with van der Waals surface area (Å²) in [4.78, 5) is 11.6. The van der Waals surface area contributed by atoms with Gasteiger partial charge >= 0.3 is 6.09 Å². The van der Waals surface area contributed by atoms with E-state index in [1.807, 2.05) is 39.0 Å². The highest BCUT2D eigenvalue weighted by Crippen LogP contribution is 2.20. The van der Waals surface area contributed by atoms with Crippen LogP contribution in [0.3, 0.4) is 0 Å². The first-order chi connectivity index (χ1) is 11.4. The van der Waals surface area contributed by atoms with Crippen LogP contribution in [0.15, 0.2) is 30.3 Å². The molecule has 2 atom stereocenters. The zero-order valence-corrected chi connectivity index (χ0v) is 14.9. The molecule has 1 amide bonds. The zero-order chi connectivity index (χ0) is 17.4. The largest absolute Gasteiger partial charge is 0.447 e. The lowest BCUT2D eigenvalue weighted by Gasteiger charge is -2.29. The third-order valence-electron chi connectivity index (χ3n) is 3.81. The fraction of sp³-hybridized carbons (Fsp3) is 0.632. The summed E-state index contributed by atoms with van der Waals surface area (Å²) >= 11 is 0. The minimum Gasteiger partial charge on any atom is -0.447 e. The van der Waals surface area contributed by atoms with Crippen molar-refractivity contribution in [2.45, 2.75) is 51.9 Å². The van der Waals surface area contributed by atoms with Crippen LogP contribution in [0.1, 0.15) is 39.2 Å². The van der Waals surface area contributed by atoms with E-state index in [2.05, 4.69) is 17.4 Å². The normalized spacial score (nSPS) is 21.3. The molecule has 1 heterocycles. The molecule has 0 radical (unpaired) electrons. The van der Waals surface area contributed by atoms with E-state index < -0.39 is 0 Å². The number of amides is 1. The fourth-order valence-corrected chi connectivity index (χ4v) is 2.55. The summed E-state index contributed by atoms with van der Waals surface area (Å²) in [6, 6.07) is 10.2. The van der Waals surface area contributed by atoms with Gasteiger partial charge in [-0.2, -0.15) is 0 Å². The molecule has 1 aliphatic heterocycles. The van der Waals surface area contributed by atoms with Crippen molar-refractivity contribution >= 4 is 6.09 Å². The standard InChI is InChI=1S/C19H29NO4/c1-19(2,3)20-18(21)24-14-17-10-9-16(13-23-17)12-22-11-15-7-5-4-6-8-15/h4-8,16-17H,9-14H2,1-3H3,(H,20,21)/t16-,17?/m0/s1. The maximum absolute atomic E-state index is 11.6. The number of ether oxygens (including phenoxy) is 3. The van der Waals surface area contributed by atoms with E-state index in [4.69, 9.17) is 14.2 Å². The molecular formula is C19H29NO4. The van der Waals surface area contributed by atoms with Crippen LogP contribution in [0.5, 0.6) is 0 Å². The molecule has 1 aromatic carbocycles. The van der Waals surface area contributed by atoms with Gasteiger partial charge in [0.25, 0.3) is 0 Å². The summed E-state index contributed by atoms with van der Waals surface area (Å²) in [5.41, 5.74) is 0.900. The van der Waals surface area contributed by atoms with Gasteiger partial charge in [-0.1, -0.05) is 30.3 Å². The van der Waals surface area contributed by atoms with Crippen LogP contribution >= 0.6 is 0 Å². The van der Waals surface area contributed by atoms with E-state index in [0.717, 1.165) is 12.8 Å². The number of nitrogens with one attached hydrogen (secondary N) is 1. The maximum atomic E-state index is 11.6. The molecule has 24 heavy (non-hydrogen) atoms. The molecular weight excluding hydrogens is 306 g/mol.